The molecule has 0 radical (unpaired) electrons. The lowest BCUT2D eigenvalue weighted by Crippen LogP contribution is -2.53. The van der Waals surface area contributed by atoms with Crippen LogP contribution in [0.4, 0.5) is 5.69 Å². The van der Waals surface area contributed by atoms with Gasteiger partial charge in [0.2, 0.25) is 0 Å². The normalized spacial score (nSPS) is 18.6. The zero-order chi connectivity index (χ0) is 13.9. The summed E-state index contributed by atoms with van der Waals surface area (Å²) in [5, 5.41) is 9.12. The number of aliphatic carboxylic acids is 1. The topological polar surface area (TPSA) is 43.8 Å². The highest BCUT2D eigenvalue weighted by atomic mass is 16.4. The van der Waals surface area contributed by atoms with Crippen molar-refractivity contribution in [2.24, 2.45) is 0 Å². The van der Waals surface area contributed by atoms with Gasteiger partial charge in [-0.1, -0.05) is 18.2 Å². The predicted molar refractivity (Wildman–Crippen MR) is 76.6 cm³/mol. The van der Waals surface area contributed by atoms with Gasteiger partial charge in [-0.05, 0) is 39.1 Å². The van der Waals surface area contributed by atoms with Crippen molar-refractivity contribution in [3.8, 4) is 0 Å². The predicted octanol–water partition coefficient (Wildman–Crippen LogP) is 2.06. The second-order valence-electron chi connectivity index (χ2n) is 5.51. The number of hydrogen-bond acceptors (Lipinski definition) is 3. The van der Waals surface area contributed by atoms with Crippen LogP contribution in [-0.4, -0.2) is 48.7 Å². The highest BCUT2D eigenvalue weighted by molar-refractivity contribution is 5.68. The molecule has 1 N–H and O–H groups in total. The number of anilines is 1. The van der Waals surface area contributed by atoms with Crippen molar-refractivity contribution >= 4 is 11.7 Å². The number of hydrogen-bond donors (Lipinski definition) is 1. The SMILES string of the molecule is CN(C)C1(CC(=O)O)CCN(c2ccccc2)CC1. The van der Waals surface area contributed by atoms with Crippen LogP contribution in [0, 0.1) is 0 Å². The molecule has 0 amide bonds. The molecule has 4 heteroatoms. The maximum atomic E-state index is 11.1. The fraction of sp³-hybridized carbons (Fsp3) is 0.533. The number of para-hydroxylation sites is 1. The number of piperidine rings is 1. The molecule has 2 rings (SSSR count). The molecule has 4 nitrogen and oxygen atoms in total. The zero-order valence-electron chi connectivity index (χ0n) is 11.7. The number of carbonyl (C=O) groups is 1. The molecule has 1 aliphatic heterocycles. The average molecular weight is 262 g/mol. The van der Waals surface area contributed by atoms with Crippen LogP contribution >= 0.6 is 0 Å². The lowest BCUT2D eigenvalue weighted by atomic mass is 9.83. The van der Waals surface area contributed by atoms with Crippen molar-refractivity contribution in [2.75, 3.05) is 32.1 Å². The lowest BCUT2D eigenvalue weighted by molar-refractivity contribution is -0.140. The molecule has 0 atom stereocenters. The van der Waals surface area contributed by atoms with E-state index in [1.165, 1.54) is 5.69 Å². The van der Waals surface area contributed by atoms with Gasteiger partial charge in [-0.25, -0.2) is 0 Å². The van der Waals surface area contributed by atoms with Crippen LogP contribution in [0.5, 0.6) is 0 Å². The first kappa shape index (κ1) is 13.9. The van der Waals surface area contributed by atoms with E-state index >= 15 is 0 Å². The maximum absolute atomic E-state index is 11.1. The quantitative estimate of drug-likeness (QED) is 0.902. The van der Waals surface area contributed by atoms with Gasteiger partial charge in [0, 0.05) is 24.3 Å². The Labute approximate surface area is 114 Å². The summed E-state index contributed by atoms with van der Waals surface area (Å²) >= 11 is 0. The number of nitrogens with zero attached hydrogens (tertiary/aromatic N) is 2. The maximum Gasteiger partial charge on any atom is 0.305 e. The minimum Gasteiger partial charge on any atom is -0.481 e. The Balaban J connectivity index is 2.06. The highest BCUT2D eigenvalue weighted by Crippen LogP contribution is 2.32. The third kappa shape index (κ3) is 3.07. The minimum absolute atomic E-state index is 0.197. The van der Waals surface area contributed by atoms with Crippen molar-refractivity contribution < 1.29 is 9.90 Å². The van der Waals surface area contributed by atoms with Crippen LogP contribution in [0.2, 0.25) is 0 Å². The average Bonchev–Trinajstić information content (AvgIpc) is 2.39. The largest absolute Gasteiger partial charge is 0.481 e. The summed E-state index contributed by atoms with van der Waals surface area (Å²) in [6.07, 6.45) is 2.00. The molecule has 0 saturated carbocycles. The van der Waals surface area contributed by atoms with Gasteiger partial charge in [-0.15, -0.1) is 0 Å². The Morgan fingerprint density at radius 2 is 1.84 bits per heavy atom. The van der Waals surface area contributed by atoms with Crippen molar-refractivity contribution in [1.29, 1.82) is 0 Å². The standard InChI is InChI=1S/C15H22N2O2/c1-16(2)15(12-14(18)19)8-10-17(11-9-15)13-6-4-3-5-7-13/h3-7H,8-12H2,1-2H3,(H,18,19). The van der Waals surface area contributed by atoms with E-state index in [-0.39, 0.29) is 12.0 Å². The molecular weight excluding hydrogens is 240 g/mol. The molecule has 0 unspecified atom stereocenters. The van der Waals surface area contributed by atoms with E-state index in [9.17, 15) is 4.79 Å². The molecule has 1 aliphatic rings. The van der Waals surface area contributed by atoms with Gasteiger partial charge >= 0.3 is 5.97 Å². The summed E-state index contributed by atoms with van der Waals surface area (Å²) < 4.78 is 0. The van der Waals surface area contributed by atoms with Crippen LogP contribution in [0.1, 0.15) is 19.3 Å². The van der Waals surface area contributed by atoms with E-state index < -0.39 is 5.97 Å². The number of rotatable bonds is 4. The molecule has 0 aliphatic carbocycles. The van der Waals surface area contributed by atoms with Crippen LogP contribution in [0.25, 0.3) is 0 Å². The molecule has 1 aromatic rings. The van der Waals surface area contributed by atoms with Gasteiger partial charge < -0.3 is 14.9 Å². The summed E-state index contributed by atoms with van der Waals surface area (Å²) in [5.41, 5.74) is 1.03. The monoisotopic (exact) mass is 262 g/mol. The summed E-state index contributed by atoms with van der Waals surface area (Å²) in [4.78, 5) is 15.5. The Hall–Kier alpha value is -1.55. The third-order valence-electron chi connectivity index (χ3n) is 4.24. The summed E-state index contributed by atoms with van der Waals surface area (Å²) in [7, 11) is 3.97. The van der Waals surface area contributed by atoms with Crippen molar-refractivity contribution in [1.82, 2.24) is 4.90 Å². The Bertz CT molecular complexity index is 423. The number of benzene rings is 1. The summed E-state index contributed by atoms with van der Waals surface area (Å²) in [6.45, 7) is 1.82. The Morgan fingerprint density at radius 3 is 2.32 bits per heavy atom. The first-order valence-corrected chi connectivity index (χ1v) is 6.73. The van der Waals surface area contributed by atoms with Gasteiger partial charge in [-0.2, -0.15) is 0 Å². The van der Waals surface area contributed by atoms with Gasteiger partial charge in [-0.3, -0.25) is 4.79 Å². The van der Waals surface area contributed by atoms with E-state index in [2.05, 4.69) is 21.9 Å². The Kier molecular flexibility index (Phi) is 4.10. The van der Waals surface area contributed by atoms with Gasteiger partial charge in [0.15, 0.2) is 0 Å². The van der Waals surface area contributed by atoms with E-state index in [1.807, 2.05) is 32.3 Å². The smallest absolute Gasteiger partial charge is 0.305 e. The summed E-state index contributed by atoms with van der Waals surface area (Å²) in [6, 6.07) is 10.3. The fourth-order valence-electron chi connectivity index (χ4n) is 2.88. The molecule has 1 saturated heterocycles. The fourth-order valence-corrected chi connectivity index (χ4v) is 2.88. The van der Waals surface area contributed by atoms with Crippen LogP contribution in [-0.2, 0) is 4.79 Å². The number of carboxylic acid groups (broad SMARTS) is 1. The van der Waals surface area contributed by atoms with Crippen LogP contribution in [0.3, 0.4) is 0 Å². The van der Waals surface area contributed by atoms with Crippen LogP contribution < -0.4 is 4.90 Å². The second kappa shape index (κ2) is 5.61. The molecule has 0 aromatic heterocycles. The molecule has 1 fully saturated rings. The molecular formula is C15H22N2O2. The molecule has 19 heavy (non-hydrogen) atoms. The molecule has 1 heterocycles. The second-order valence-corrected chi connectivity index (χ2v) is 5.51. The Morgan fingerprint density at radius 1 is 1.26 bits per heavy atom. The molecule has 104 valence electrons. The third-order valence-corrected chi connectivity index (χ3v) is 4.24. The van der Waals surface area contributed by atoms with Crippen molar-refractivity contribution in [2.45, 2.75) is 24.8 Å². The molecule has 1 aromatic carbocycles. The van der Waals surface area contributed by atoms with Gasteiger partial charge in [0.25, 0.3) is 0 Å². The number of carboxylic acids is 1. The lowest BCUT2D eigenvalue weighted by Gasteiger charge is -2.46. The first-order chi connectivity index (χ1) is 9.03. The van der Waals surface area contributed by atoms with E-state index in [1.54, 1.807) is 0 Å². The van der Waals surface area contributed by atoms with Gasteiger partial charge in [0.05, 0.1) is 6.42 Å². The van der Waals surface area contributed by atoms with Crippen molar-refractivity contribution in [3.05, 3.63) is 30.3 Å². The van der Waals surface area contributed by atoms with Gasteiger partial charge in [0.1, 0.15) is 0 Å². The molecule has 0 bridgehead atoms. The zero-order valence-corrected chi connectivity index (χ0v) is 11.7. The molecule has 0 spiro atoms. The van der Waals surface area contributed by atoms with Crippen molar-refractivity contribution in [3.63, 3.8) is 0 Å². The van der Waals surface area contributed by atoms with E-state index in [4.69, 9.17) is 5.11 Å². The minimum atomic E-state index is -0.707. The van der Waals surface area contributed by atoms with E-state index in [0.29, 0.717) is 0 Å². The first-order valence-electron chi connectivity index (χ1n) is 6.73. The highest BCUT2D eigenvalue weighted by Gasteiger charge is 2.38. The van der Waals surface area contributed by atoms with Crippen LogP contribution in [0.15, 0.2) is 30.3 Å². The van der Waals surface area contributed by atoms with E-state index in [0.717, 1.165) is 25.9 Å². The summed E-state index contributed by atoms with van der Waals surface area (Å²) in [5.74, 6) is -0.707.